The lowest BCUT2D eigenvalue weighted by atomic mass is 9.92. The Labute approximate surface area is 166 Å². The van der Waals surface area contributed by atoms with E-state index in [4.69, 9.17) is 23.2 Å². The van der Waals surface area contributed by atoms with Crippen LogP contribution >= 0.6 is 23.2 Å². The summed E-state index contributed by atoms with van der Waals surface area (Å²) in [5, 5.41) is 15.2. The summed E-state index contributed by atoms with van der Waals surface area (Å²) in [5.41, 5.74) is 3.94. The number of carbonyl (C=O) groups is 1. The van der Waals surface area contributed by atoms with Crippen LogP contribution in [0.3, 0.4) is 0 Å². The lowest BCUT2D eigenvalue weighted by molar-refractivity contribution is 0.168. The van der Waals surface area contributed by atoms with Crippen molar-refractivity contribution in [1.82, 2.24) is 15.2 Å². The molecule has 0 saturated heterocycles. The summed E-state index contributed by atoms with van der Waals surface area (Å²) in [7, 11) is 0. The third-order valence-corrected chi connectivity index (χ3v) is 5.43. The maximum Gasteiger partial charge on any atom is 0.318 e. The predicted molar refractivity (Wildman–Crippen MR) is 107 cm³/mol. The number of nitrogens with zero attached hydrogens (tertiary/aromatic N) is 1. The van der Waals surface area contributed by atoms with Gasteiger partial charge in [-0.1, -0.05) is 35.3 Å². The van der Waals surface area contributed by atoms with Crippen LogP contribution < -0.4 is 5.32 Å². The SMILES string of the molecule is O=C(NCc1ccc(Cl)cc1)N1Cc2[nH]c3ccc(Cl)cc3c2C(CO)C1. The van der Waals surface area contributed by atoms with Gasteiger partial charge in [0.25, 0.3) is 0 Å². The number of rotatable bonds is 3. The second-order valence-electron chi connectivity index (χ2n) is 6.75. The second kappa shape index (κ2) is 7.43. The number of fused-ring (bicyclic) bond motifs is 3. The van der Waals surface area contributed by atoms with E-state index < -0.39 is 0 Å². The summed E-state index contributed by atoms with van der Waals surface area (Å²) >= 11 is 12.0. The standard InChI is InChI=1S/C20H19Cl2N3O2/c21-14-3-1-12(2-4-14)8-23-20(27)25-9-13(11-26)19-16-7-15(22)5-6-17(16)24-18(19)10-25/h1-7,13,24,26H,8-11H2,(H,23,27). The van der Waals surface area contributed by atoms with Gasteiger partial charge in [0.05, 0.1) is 13.2 Å². The molecule has 0 aliphatic carbocycles. The van der Waals surface area contributed by atoms with Crippen molar-refractivity contribution in [2.45, 2.75) is 19.0 Å². The van der Waals surface area contributed by atoms with Crippen molar-refractivity contribution < 1.29 is 9.90 Å². The van der Waals surface area contributed by atoms with E-state index in [2.05, 4.69) is 10.3 Å². The van der Waals surface area contributed by atoms with Crippen molar-refractivity contribution in [2.75, 3.05) is 13.2 Å². The normalized spacial score (nSPS) is 16.4. The third kappa shape index (κ3) is 3.63. The van der Waals surface area contributed by atoms with Crippen LogP contribution in [0.5, 0.6) is 0 Å². The smallest absolute Gasteiger partial charge is 0.318 e. The molecular weight excluding hydrogens is 385 g/mol. The number of aliphatic hydroxyl groups excluding tert-OH is 1. The molecule has 3 N–H and O–H groups in total. The number of hydrogen-bond acceptors (Lipinski definition) is 2. The highest BCUT2D eigenvalue weighted by Gasteiger charge is 2.31. The summed E-state index contributed by atoms with van der Waals surface area (Å²) < 4.78 is 0. The Bertz CT molecular complexity index is 985. The molecule has 2 amide bonds. The Morgan fingerprint density at radius 1 is 1.19 bits per heavy atom. The molecule has 2 heterocycles. The first-order valence-corrected chi connectivity index (χ1v) is 9.49. The van der Waals surface area contributed by atoms with Crippen molar-refractivity contribution in [2.24, 2.45) is 0 Å². The lowest BCUT2D eigenvalue weighted by Gasteiger charge is -2.32. The molecule has 0 radical (unpaired) electrons. The van der Waals surface area contributed by atoms with Crippen molar-refractivity contribution in [3.8, 4) is 0 Å². The average Bonchev–Trinajstić information content (AvgIpc) is 3.04. The first-order valence-electron chi connectivity index (χ1n) is 8.73. The van der Waals surface area contributed by atoms with E-state index in [9.17, 15) is 9.90 Å². The summed E-state index contributed by atoms with van der Waals surface area (Å²) in [6, 6.07) is 12.9. The van der Waals surface area contributed by atoms with E-state index in [-0.39, 0.29) is 18.6 Å². The minimum Gasteiger partial charge on any atom is -0.396 e. The number of nitrogens with one attached hydrogen (secondary N) is 2. The number of hydrogen-bond donors (Lipinski definition) is 3. The fourth-order valence-electron chi connectivity index (χ4n) is 3.64. The van der Waals surface area contributed by atoms with Gasteiger partial charge in [0.1, 0.15) is 0 Å². The number of carbonyl (C=O) groups excluding carboxylic acids is 1. The third-order valence-electron chi connectivity index (χ3n) is 4.95. The van der Waals surface area contributed by atoms with Gasteiger partial charge in [-0.25, -0.2) is 4.79 Å². The molecule has 0 fully saturated rings. The van der Waals surface area contributed by atoms with Gasteiger partial charge >= 0.3 is 6.03 Å². The summed E-state index contributed by atoms with van der Waals surface area (Å²) in [6.07, 6.45) is 0. The number of aliphatic hydroxyl groups is 1. The molecule has 1 aliphatic rings. The number of benzene rings is 2. The highest BCUT2D eigenvalue weighted by atomic mass is 35.5. The monoisotopic (exact) mass is 403 g/mol. The number of amides is 2. The minimum atomic E-state index is -0.161. The van der Waals surface area contributed by atoms with Crippen molar-refractivity contribution in [1.29, 1.82) is 0 Å². The zero-order valence-electron chi connectivity index (χ0n) is 14.5. The molecule has 1 unspecified atom stereocenters. The zero-order valence-corrected chi connectivity index (χ0v) is 16.0. The van der Waals surface area contributed by atoms with Crippen LogP contribution in [0.15, 0.2) is 42.5 Å². The van der Waals surface area contributed by atoms with Gasteiger partial charge in [-0.05, 0) is 41.5 Å². The van der Waals surface area contributed by atoms with E-state index >= 15 is 0 Å². The molecular formula is C20H19Cl2N3O2. The van der Waals surface area contributed by atoms with Gasteiger partial charge in [0, 0.05) is 45.6 Å². The highest BCUT2D eigenvalue weighted by Crippen LogP contribution is 2.35. The van der Waals surface area contributed by atoms with Crippen molar-refractivity contribution in [3.05, 3.63) is 69.3 Å². The molecule has 7 heteroatoms. The van der Waals surface area contributed by atoms with E-state index in [0.717, 1.165) is 27.7 Å². The van der Waals surface area contributed by atoms with Crippen LogP contribution in [0.25, 0.3) is 10.9 Å². The minimum absolute atomic E-state index is 0.0343. The largest absolute Gasteiger partial charge is 0.396 e. The Balaban J connectivity index is 1.53. The molecule has 2 aromatic carbocycles. The Morgan fingerprint density at radius 3 is 2.67 bits per heavy atom. The molecule has 3 aromatic rings. The highest BCUT2D eigenvalue weighted by molar-refractivity contribution is 6.31. The fraction of sp³-hybridized carbons (Fsp3) is 0.250. The van der Waals surface area contributed by atoms with Crippen LogP contribution in [0.4, 0.5) is 4.79 Å². The second-order valence-corrected chi connectivity index (χ2v) is 7.63. The quantitative estimate of drug-likeness (QED) is 0.610. The van der Waals surface area contributed by atoms with E-state index in [0.29, 0.717) is 29.7 Å². The number of H-pyrrole nitrogens is 1. The Kier molecular flexibility index (Phi) is 5.00. The van der Waals surface area contributed by atoms with Gasteiger partial charge < -0.3 is 20.3 Å². The number of urea groups is 1. The topological polar surface area (TPSA) is 68.4 Å². The lowest BCUT2D eigenvalue weighted by Crippen LogP contribution is -2.44. The van der Waals surface area contributed by atoms with Gasteiger partial charge in [-0.3, -0.25) is 0 Å². The molecule has 1 aromatic heterocycles. The molecule has 4 rings (SSSR count). The fourth-order valence-corrected chi connectivity index (χ4v) is 3.94. The molecule has 1 aliphatic heterocycles. The molecule has 0 bridgehead atoms. The maximum absolute atomic E-state index is 12.7. The molecule has 1 atom stereocenters. The van der Waals surface area contributed by atoms with Gasteiger partial charge in [-0.15, -0.1) is 0 Å². The van der Waals surface area contributed by atoms with E-state index in [1.807, 2.05) is 30.3 Å². The molecule has 140 valence electrons. The van der Waals surface area contributed by atoms with Crippen LogP contribution in [-0.2, 0) is 13.1 Å². The number of aromatic amines is 1. The van der Waals surface area contributed by atoms with Gasteiger partial charge in [0.15, 0.2) is 0 Å². The number of aromatic nitrogens is 1. The first-order chi connectivity index (χ1) is 13.0. The van der Waals surface area contributed by atoms with E-state index in [1.165, 1.54) is 0 Å². The predicted octanol–water partition coefficient (Wildman–Crippen LogP) is 4.28. The Hall–Kier alpha value is -2.21. The molecule has 27 heavy (non-hydrogen) atoms. The molecule has 0 spiro atoms. The van der Waals surface area contributed by atoms with Crippen molar-refractivity contribution >= 4 is 40.1 Å². The van der Waals surface area contributed by atoms with Crippen LogP contribution in [0.1, 0.15) is 22.7 Å². The number of halogens is 2. The summed E-state index contributed by atoms with van der Waals surface area (Å²) in [5.74, 6) is -0.151. The van der Waals surface area contributed by atoms with Crippen LogP contribution in [-0.4, -0.2) is 34.2 Å². The van der Waals surface area contributed by atoms with Crippen LogP contribution in [0, 0.1) is 0 Å². The molecule has 5 nitrogen and oxygen atoms in total. The van der Waals surface area contributed by atoms with Crippen LogP contribution in [0.2, 0.25) is 10.0 Å². The average molecular weight is 404 g/mol. The van der Waals surface area contributed by atoms with E-state index in [1.54, 1.807) is 17.0 Å². The van der Waals surface area contributed by atoms with Gasteiger partial charge in [0.2, 0.25) is 0 Å². The Morgan fingerprint density at radius 2 is 1.93 bits per heavy atom. The maximum atomic E-state index is 12.7. The zero-order chi connectivity index (χ0) is 19.0. The molecule has 0 saturated carbocycles. The summed E-state index contributed by atoms with van der Waals surface area (Å²) in [6.45, 7) is 1.30. The summed E-state index contributed by atoms with van der Waals surface area (Å²) in [4.78, 5) is 17.7. The van der Waals surface area contributed by atoms with Crippen molar-refractivity contribution in [3.63, 3.8) is 0 Å². The first kappa shape index (κ1) is 18.2. The van der Waals surface area contributed by atoms with Gasteiger partial charge in [-0.2, -0.15) is 0 Å².